The maximum Gasteiger partial charge on any atom is 0.313 e. The normalized spacial score (nSPS) is 16.9. The molecule has 698 valence electrons. The van der Waals surface area contributed by atoms with Crippen LogP contribution in [-0.2, 0) is 38.3 Å². The van der Waals surface area contributed by atoms with Crippen LogP contribution in [0.2, 0.25) is 0 Å². The van der Waals surface area contributed by atoms with Gasteiger partial charge in [0.2, 0.25) is 0 Å². The van der Waals surface area contributed by atoms with Crippen molar-refractivity contribution in [1.29, 1.82) is 0 Å². The molecule has 2 aromatic carbocycles. The van der Waals surface area contributed by atoms with Crippen LogP contribution in [0.5, 0.6) is 11.5 Å². The van der Waals surface area contributed by atoms with E-state index in [1.165, 1.54) is 89.9 Å². The fraction of sp³-hybridized carbons (Fsp3) is 0.845. The molecule has 3 aliphatic carbocycles. The number of hydrogen-bond donors (Lipinski definition) is 20. The topological polar surface area (TPSA) is 520 Å². The second kappa shape index (κ2) is 89.5. The van der Waals surface area contributed by atoms with E-state index in [9.17, 15) is 23.4 Å². The highest BCUT2D eigenvalue weighted by atomic mass is 32.2. The predicted molar refractivity (Wildman–Crippen MR) is 461 cm³/mol. The molecule has 9 unspecified atom stereocenters. The monoisotopic (exact) mass is 1750 g/mol. The van der Waals surface area contributed by atoms with E-state index in [0.29, 0.717) is 122 Å². The van der Waals surface area contributed by atoms with Crippen LogP contribution in [0.4, 0.5) is 0 Å². The van der Waals surface area contributed by atoms with Crippen LogP contribution >= 0.6 is 23.5 Å². The van der Waals surface area contributed by atoms with Gasteiger partial charge in [-0.2, -0.15) is 23.5 Å². The van der Waals surface area contributed by atoms with E-state index in [1.54, 1.807) is 94.5 Å². The first-order chi connectivity index (χ1) is 56.2. The number of thioether (sulfide) groups is 2. The molecule has 0 aliphatic heterocycles. The number of unbranched alkanes of at least 4 members (excludes halogenated alkanes) is 11. The first-order valence-electron chi connectivity index (χ1n) is 41.9. The van der Waals surface area contributed by atoms with Crippen molar-refractivity contribution in [3.8, 4) is 11.5 Å². The van der Waals surface area contributed by atoms with Crippen molar-refractivity contribution in [1.82, 2.24) is 0 Å². The smallest absolute Gasteiger partial charge is 0.313 e. The lowest BCUT2D eigenvalue weighted by Crippen LogP contribution is -2.34. The Hall–Kier alpha value is -2.80. The molecule has 3 saturated carbocycles. The molecular formula is C84H164O30S3. The summed E-state index contributed by atoms with van der Waals surface area (Å²) in [6, 6.07) is 16.1. The van der Waals surface area contributed by atoms with Crippen molar-refractivity contribution in [2.75, 3.05) is 220 Å². The van der Waals surface area contributed by atoms with Gasteiger partial charge in [-0.25, -0.2) is 8.42 Å². The highest BCUT2D eigenvalue weighted by Crippen LogP contribution is 2.62. The number of carbonyl (C=O) groups excluding carboxylic acids is 1. The van der Waals surface area contributed by atoms with Gasteiger partial charge in [-0.3, -0.25) is 4.79 Å². The maximum absolute atomic E-state index is 11.4. The molecule has 2 aromatic rings. The molecule has 0 aromatic heterocycles. The molecule has 20 N–H and O–H groups in total. The van der Waals surface area contributed by atoms with Crippen LogP contribution in [-0.4, -0.2) is 348 Å². The van der Waals surface area contributed by atoms with E-state index in [-0.39, 0.29) is 129 Å². The minimum absolute atomic E-state index is 0.00274. The van der Waals surface area contributed by atoms with Crippen LogP contribution in [0.25, 0.3) is 0 Å². The SMILES string of the molecule is CC(C)(CO)COC(=O)C(C)(C)CO.CCC(O)CCC(C)O.O=S(=O)(CCO)CCO.OCC(O)c1ccccc1.OCC1CC2C3CC(CO)C(C3)C2C1.OCCCCCCCCCCCCCCO.OCCCO.OCCOCCOCCOCCOCCO.OCCOc1ccc(OCCO)cc1.OCCSCCSCCO. The molecule has 0 amide bonds. The fourth-order valence-corrected chi connectivity index (χ4v) is 13.8. The maximum atomic E-state index is 11.4. The summed E-state index contributed by atoms with van der Waals surface area (Å²) in [7, 11) is -3.18. The van der Waals surface area contributed by atoms with Gasteiger partial charge < -0.3 is 135 Å². The standard InChI is InChI=1S/C14H30O2.C12H20O2.C10H22O6.C10H14O4.C10H20O4.C8H10O2.C7H16O2.C6H14O2S2.C4H10O4S.C3H8O2/c15-13-11-9-7-5-3-1-2-4-6-8-10-12-14-16;13-5-7-1-10-8-3-9(6-14)11(4-8)12(10)2-7;11-1-3-13-5-7-15-9-10-16-8-6-14-4-2-12;11-5-7-13-9-1-2-10(4-3-9)14-8-6-12;1-9(2,5-11)7-14-8(13)10(3,4)6-12;9-6-8(10)7-4-2-1-3-5-7;1-3-7(9)5-4-6(2)8;7-1-3-9-5-6-10-4-2-8;5-1-3-9(7,8)4-2-6;4-2-1-3-5/h15-16H,1-14H2;7-14H,1-6H2;11-12H,1-10H2;1-4,11-12H,5-8H2;11-12H,5-7H2,1-4H3;1-5,8-10H,6H2;6-9H,3-5H2,1-2H3;7-8H,1-6H2;5-6H,1-4H2;4-5H,1-3H2. The van der Waals surface area contributed by atoms with Gasteiger partial charge in [0.25, 0.3) is 0 Å². The van der Waals surface area contributed by atoms with Crippen molar-refractivity contribution in [3.05, 3.63) is 60.2 Å². The highest BCUT2D eigenvalue weighted by molar-refractivity contribution is 8.02. The largest absolute Gasteiger partial charge is 0.491 e. The Labute approximate surface area is 710 Å². The number of aliphatic hydroxyl groups is 20. The molecule has 117 heavy (non-hydrogen) atoms. The minimum Gasteiger partial charge on any atom is -0.491 e. The van der Waals surface area contributed by atoms with E-state index in [4.69, 9.17) is 125 Å². The van der Waals surface area contributed by atoms with Crippen LogP contribution < -0.4 is 9.47 Å². The lowest BCUT2D eigenvalue weighted by Gasteiger charge is -2.30. The Balaban J connectivity index is -0.000000402. The van der Waals surface area contributed by atoms with Crippen LogP contribution in [0, 0.1) is 46.3 Å². The van der Waals surface area contributed by atoms with Gasteiger partial charge in [0, 0.05) is 68.1 Å². The van der Waals surface area contributed by atoms with Gasteiger partial charge in [0.05, 0.1) is 161 Å². The minimum atomic E-state index is -3.18. The summed E-state index contributed by atoms with van der Waals surface area (Å²) in [5.74, 6) is 8.85. The molecule has 0 saturated heterocycles. The molecular weight excluding hydrogens is 1590 g/mol. The molecule has 3 fully saturated rings. The average molecular weight is 1750 g/mol. The molecule has 33 heteroatoms. The lowest BCUT2D eigenvalue weighted by molar-refractivity contribution is -0.159. The summed E-state index contributed by atoms with van der Waals surface area (Å²) >= 11 is 3.50. The Bertz CT molecular complexity index is 2310. The Kier molecular flexibility index (Phi) is 93.9. The van der Waals surface area contributed by atoms with E-state index in [1.807, 2.05) is 25.1 Å². The third-order valence-electron chi connectivity index (χ3n) is 18.1. The quantitative estimate of drug-likeness (QED) is 0.0313. The number of carbonyl (C=O) groups is 1. The third-order valence-corrected chi connectivity index (χ3v) is 21.9. The summed E-state index contributed by atoms with van der Waals surface area (Å²) in [5, 5.41) is 172. The molecule has 0 radical (unpaired) electrons. The number of aliphatic hydroxyl groups excluding tert-OH is 20. The molecule has 0 spiro atoms. The van der Waals surface area contributed by atoms with Crippen molar-refractivity contribution in [2.24, 2.45) is 46.3 Å². The number of esters is 1. The van der Waals surface area contributed by atoms with Crippen LogP contribution in [0.3, 0.4) is 0 Å². The predicted octanol–water partition coefficient (Wildman–Crippen LogP) is 4.77. The molecule has 0 heterocycles. The zero-order valence-corrected chi connectivity index (χ0v) is 74.3. The average Bonchev–Trinajstić information content (AvgIpc) is 1.59. The van der Waals surface area contributed by atoms with Crippen molar-refractivity contribution < 1.29 is 149 Å². The first-order valence-corrected chi connectivity index (χ1v) is 46.0. The Morgan fingerprint density at radius 2 is 0.855 bits per heavy atom. The number of hydrogen-bond acceptors (Lipinski definition) is 32. The summed E-state index contributed by atoms with van der Waals surface area (Å²) in [5.41, 5.74) is -0.544. The van der Waals surface area contributed by atoms with E-state index in [2.05, 4.69) is 0 Å². The van der Waals surface area contributed by atoms with Gasteiger partial charge >= 0.3 is 5.97 Å². The molecule has 3 aliphatic rings. The van der Waals surface area contributed by atoms with E-state index >= 15 is 0 Å². The number of fused-ring (bicyclic) bond motifs is 5. The summed E-state index contributed by atoms with van der Waals surface area (Å²) < 4.78 is 56.7. The lowest BCUT2D eigenvalue weighted by atomic mass is 9.76. The van der Waals surface area contributed by atoms with Crippen LogP contribution in [0.1, 0.15) is 182 Å². The highest BCUT2D eigenvalue weighted by Gasteiger charge is 2.55. The second-order valence-corrected chi connectivity index (χ2v) is 34.3. The molecule has 30 nitrogen and oxygen atoms in total. The summed E-state index contributed by atoms with van der Waals surface area (Å²) in [4.78, 5) is 11.4. The van der Waals surface area contributed by atoms with Crippen LogP contribution in [0.15, 0.2) is 54.6 Å². The van der Waals surface area contributed by atoms with Gasteiger partial charge in [0.15, 0.2) is 9.84 Å². The van der Waals surface area contributed by atoms with Gasteiger partial charge in [-0.1, -0.05) is 115 Å². The zero-order chi connectivity index (χ0) is 88.9. The number of sulfone groups is 1. The second-order valence-electron chi connectivity index (χ2n) is 29.5. The van der Waals surface area contributed by atoms with E-state index in [0.717, 1.165) is 71.5 Å². The van der Waals surface area contributed by atoms with Crippen molar-refractivity contribution >= 4 is 39.3 Å². The number of ether oxygens (including phenoxy) is 7. The molecule has 2 bridgehead atoms. The first kappa shape index (κ1) is 123. The van der Waals surface area contributed by atoms with Gasteiger partial charge in [0.1, 0.15) is 30.8 Å². The van der Waals surface area contributed by atoms with Crippen molar-refractivity contribution in [3.63, 3.8) is 0 Å². The fourth-order valence-electron chi connectivity index (χ4n) is 11.4. The summed E-state index contributed by atoms with van der Waals surface area (Å²) in [6.07, 6.45) is 21.7. The zero-order valence-electron chi connectivity index (χ0n) is 71.8. The van der Waals surface area contributed by atoms with Gasteiger partial charge in [-0.15, -0.1) is 0 Å². The molecule has 9 atom stereocenters. The third kappa shape index (κ3) is 78.9. The molecule has 5 rings (SSSR count). The summed E-state index contributed by atoms with van der Waals surface area (Å²) in [6.45, 7) is 16.0. The Morgan fingerprint density at radius 3 is 1.19 bits per heavy atom. The van der Waals surface area contributed by atoms with E-state index < -0.39 is 32.7 Å². The Morgan fingerprint density at radius 1 is 0.444 bits per heavy atom. The van der Waals surface area contributed by atoms with Gasteiger partial charge in [-0.05, 0) is 150 Å². The number of benzene rings is 2. The number of rotatable bonds is 58. The van der Waals surface area contributed by atoms with Crippen molar-refractivity contribution in [2.45, 2.75) is 188 Å².